The molecule has 2 N–H and O–H groups in total. The van der Waals surface area contributed by atoms with E-state index in [9.17, 15) is 10.2 Å². The van der Waals surface area contributed by atoms with Crippen molar-refractivity contribution in [2.24, 2.45) is 0 Å². The van der Waals surface area contributed by atoms with Crippen LogP contribution in [0.25, 0.3) is 0 Å². The smallest absolute Gasteiger partial charge is 0.128 e. The molecule has 8 heteroatoms. The zero-order valence-corrected chi connectivity index (χ0v) is 45.7. The molecule has 2 aromatic carbocycles. The standard InChI is InChI=1S/C62H110O8/c1-65-59-45-43-57(55-63)61(53-59)69-51-41-35-29-23-17-15-21-27-33-39-49-67-47-37-31-25-19-13-11-9-7-5-3-4-6-8-10-12-14-20-26-32-38-48-68-50-40-34-28-22-16-18-24-30-36-42-52-70-62-54-60(66-2)46-44-58(62)56-64/h43-46,53-54,63-64H,3-42,47-52,55-56H2,1-2H3. The van der Waals surface area contributed by atoms with Crippen molar-refractivity contribution in [2.75, 3.05) is 53.9 Å². The third kappa shape index (κ3) is 38.1. The van der Waals surface area contributed by atoms with E-state index < -0.39 is 0 Å². The molecule has 0 atom stereocenters. The Labute approximate surface area is 431 Å². The van der Waals surface area contributed by atoms with Gasteiger partial charge in [0.25, 0.3) is 0 Å². The van der Waals surface area contributed by atoms with Crippen molar-refractivity contribution in [3.05, 3.63) is 47.5 Å². The summed E-state index contributed by atoms with van der Waals surface area (Å²) >= 11 is 0. The van der Waals surface area contributed by atoms with Crippen molar-refractivity contribution in [3.8, 4) is 23.0 Å². The number of methoxy groups -OCH3 is 2. The summed E-state index contributed by atoms with van der Waals surface area (Å²) in [6.45, 7) is 5.16. The lowest BCUT2D eigenvalue weighted by atomic mass is 10.0. The second kappa shape index (κ2) is 50.0. The normalized spacial score (nSPS) is 11.4. The fourth-order valence-electron chi connectivity index (χ4n) is 9.45. The summed E-state index contributed by atoms with van der Waals surface area (Å²) in [5.41, 5.74) is 1.63. The van der Waals surface area contributed by atoms with E-state index in [1.165, 1.54) is 244 Å². The largest absolute Gasteiger partial charge is 0.497 e. The quantitative estimate of drug-likeness (QED) is 0.0633. The molecule has 0 spiro atoms. The molecule has 0 aliphatic carbocycles. The Morgan fingerprint density at radius 2 is 0.471 bits per heavy atom. The van der Waals surface area contributed by atoms with Gasteiger partial charge in [-0.15, -0.1) is 0 Å². The molecule has 0 aliphatic heterocycles. The van der Waals surface area contributed by atoms with Gasteiger partial charge >= 0.3 is 0 Å². The molecule has 0 saturated carbocycles. The SMILES string of the molecule is COc1ccc(CO)c(OCCCCCCCCCCCCOCCCCCCCCCCCCCCCCCCCCCCOCCCCCCCCCCCCOc2cc(OC)ccc2CO)c1. The molecule has 406 valence electrons. The van der Waals surface area contributed by atoms with E-state index in [1.807, 2.05) is 36.4 Å². The summed E-state index contributed by atoms with van der Waals surface area (Å²) in [6.07, 6.45) is 53.5. The van der Waals surface area contributed by atoms with Crippen LogP contribution >= 0.6 is 0 Å². The van der Waals surface area contributed by atoms with E-state index >= 15 is 0 Å². The van der Waals surface area contributed by atoms with Gasteiger partial charge in [-0.1, -0.05) is 218 Å². The second-order valence-corrected chi connectivity index (χ2v) is 20.3. The van der Waals surface area contributed by atoms with Gasteiger partial charge in [0.2, 0.25) is 0 Å². The van der Waals surface area contributed by atoms with Gasteiger partial charge in [-0.25, -0.2) is 0 Å². The van der Waals surface area contributed by atoms with Gasteiger partial charge < -0.3 is 38.6 Å². The van der Waals surface area contributed by atoms with Gasteiger partial charge in [-0.05, 0) is 62.8 Å². The van der Waals surface area contributed by atoms with Crippen LogP contribution in [0.15, 0.2) is 36.4 Å². The minimum Gasteiger partial charge on any atom is -0.497 e. The average molecular weight is 984 g/mol. The number of aliphatic hydroxyl groups excluding tert-OH is 2. The molecule has 0 radical (unpaired) electrons. The summed E-state index contributed by atoms with van der Waals surface area (Å²) in [5, 5.41) is 19.0. The Bertz CT molecular complexity index is 1280. The number of benzene rings is 2. The maximum absolute atomic E-state index is 9.52. The molecular weight excluding hydrogens is 873 g/mol. The highest BCUT2D eigenvalue weighted by molar-refractivity contribution is 5.41. The van der Waals surface area contributed by atoms with Crippen LogP contribution in [-0.4, -0.2) is 64.1 Å². The minimum atomic E-state index is -0.0123. The first-order valence-corrected chi connectivity index (χ1v) is 29.7. The summed E-state index contributed by atoms with van der Waals surface area (Å²) in [7, 11) is 3.30. The lowest BCUT2D eigenvalue weighted by Gasteiger charge is -2.11. The molecule has 2 aromatic rings. The molecule has 0 saturated heterocycles. The van der Waals surface area contributed by atoms with Crippen LogP contribution in [0.2, 0.25) is 0 Å². The van der Waals surface area contributed by atoms with Crippen LogP contribution in [0.1, 0.15) is 268 Å². The van der Waals surface area contributed by atoms with Crippen LogP contribution in [0.5, 0.6) is 23.0 Å². The first-order chi connectivity index (χ1) is 34.7. The molecule has 0 fully saturated rings. The minimum absolute atomic E-state index is 0.0123. The summed E-state index contributed by atoms with van der Waals surface area (Å²) in [6, 6.07) is 11.2. The third-order valence-electron chi connectivity index (χ3n) is 14.1. The predicted molar refractivity (Wildman–Crippen MR) is 295 cm³/mol. The van der Waals surface area contributed by atoms with E-state index in [0.717, 1.165) is 73.4 Å². The molecule has 0 unspecified atom stereocenters. The van der Waals surface area contributed by atoms with Gasteiger partial charge in [-0.3, -0.25) is 0 Å². The maximum atomic E-state index is 9.52. The zero-order chi connectivity index (χ0) is 49.9. The van der Waals surface area contributed by atoms with E-state index in [-0.39, 0.29) is 13.2 Å². The van der Waals surface area contributed by atoms with Crippen LogP contribution in [0, 0.1) is 0 Å². The van der Waals surface area contributed by atoms with Crippen LogP contribution in [-0.2, 0) is 22.7 Å². The number of aliphatic hydroxyl groups is 2. The van der Waals surface area contributed by atoms with Crippen molar-refractivity contribution in [2.45, 2.75) is 270 Å². The Morgan fingerprint density at radius 3 is 0.671 bits per heavy atom. The highest BCUT2D eigenvalue weighted by Gasteiger charge is 2.07. The fourth-order valence-corrected chi connectivity index (χ4v) is 9.45. The summed E-state index contributed by atoms with van der Waals surface area (Å²) in [5.74, 6) is 3.00. The predicted octanol–water partition coefficient (Wildman–Crippen LogP) is 17.8. The lowest BCUT2D eigenvalue weighted by molar-refractivity contribution is 0.125. The van der Waals surface area contributed by atoms with Crippen molar-refractivity contribution in [3.63, 3.8) is 0 Å². The summed E-state index contributed by atoms with van der Waals surface area (Å²) < 4.78 is 34.2. The lowest BCUT2D eigenvalue weighted by Crippen LogP contribution is -2.01. The first-order valence-electron chi connectivity index (χ1n) is 29.7. The van der Waals surface area contributed by atoms with E-state index in [1.54, 1.807) is 14.2 Å². The molecular formula is C62H110O8. The Balaban J connectivity index is 1.14. The van der Waals surface area contributed by atoms with E-state index in [2.05, 4.69) is 0 Å². The molecule has 8 nitrogen and oxygen atoms in total. The number of hydrogen-bond donors (Lipinski definition) is 2. The molecule has 70 heavy (non-hydrogen) atoms. The van der Waals surface area contributed by atoms with Gasteiger partial charge in [0.1, 0.15) is 23.0 Å². The van der Waals surface area contributed by atoms with Crippen molar-refractivity contribution in [1.29, 1.82) is 0 Å². The average Bonchev–Trinajstić information content (AvgIpc) is 3.39. The molecule has 0 heterocycles. The number of rotatable bonds is 55. The monoisotopic (exact) mass is 983 g/mol. The molecule has 0 amide bonds. The van der Waals surface area contributed by atoms with Crippen molar-refractivity contribution in [1.82, 2.24) is 0 Å². The zero-order valence-electron chi connectivity index (χ0n) is 45.7. The Kier molecular flexibility index (Phi) is 45.5. The fraction of sp³-hybridized carbons (Fsp3) is 0.806. The number of hydrogen-bond acceptors (Lipinski definition) is 8. The highest BCUT2D eigenvalue weighted by Crippen LogP contribution is 2.27. The topological polar surface area (TPSA) is 95.8 Å². The van der Waals surface area contributed by atoms with Gasteiger partial charge in [-0.2, -0.15) is 0 Å². The third-order valence-corrected chi connectivity index (χ3v) is 14.1. The van der Waals surface area contributed by atoms with Crippen LogP contribution in [0.3, 0.4) is 0 Å². The van der Waals surface area contributed by atoms with Crippen LogP contribution < -0.4 is 18.9 Å². The number of ether oxygens (including phenoxy) is 6. The van der Waals surface area contributed by atoms with Gasteiger partial charge in [0, 0.05) is 49.7 Å². The summed E-state index contributed by atoms with van der Waals surface area (Å²) in [4.78, 5) is 0. The maximum Gasteiger partial charge on any atom is 0.128 e. The first kappa shape index (κ1) is 63.6. The van der Waals surface area contributed by atoms with E-state index in [0.29, 0.717) is 13.2 Å². The molecule has 0 aromatic heterocycles. The molecule has 0 bridgehead atoms. The highest BCUT2D eigenvalue weighted by atomic mass is 16.5. The number of unbranched alkanes of at least 4 members (excludes halogenated alkanes) is 37. The molecule has 0 aliphatic rings. The van der Waals surface area contributed by atoms with Crippen LogP contribution in [0.4, 0.5) is 0 Å². The van der Waals surface area contributed by atoms with Crippen molar-refractivity contribution < 1.29 is 38.6 Å². The Morgan fingerprint density at radius 1 is 0.271 bits per heavy atom. The van der Waals surface area contributed by atoms with Gasteiger partial charge in [0.05, 0.1) is 40.6 Å². The van der Waals surface area contributed by atoms with Crippen molar-refractivity contribution >= 4 is 0 Å². The second-order valence-electron chi connectivity index (χ2n) is 20.3. The molecule has 2 rings (SSSR count). The Hall–Kier alpha value is -2.52. The van der Waals surface area contributed by atoms with E-state index in [4.69, 9.17) is 28.4 Å². The van der Waals surface area contributed by atoms with Gasteiger partial charge in [0.15, 0.2) is 0 Å².